The maximum absolute atomic E-state index is 11.9. The molecule has 2 rings (SSSR count). The number of amides is 2. The summed E-state index contributed by atoms with van der Waals surface area (Å²) >= 11 is 0. The molecule has 0 spiro atoms. The molecule has 4 heteroatoms. The number of hydrogen-bond acceptors (Lipinski definition) is 2. The van der Waals surface area contributed by atoms with E-state index in [9.17, 15) is 9.59 Å². The molecule has 0 saturated carbocycles. The number of anilines is 1. The van der Waals surface area contributed by atoms with Crippen LogP contribution in [0.3, 0.4) is 0 Å². The minimum atomic E-state index is -0.636. The van der Waals surface area contributed by atoms with E-state index in [2.05, 4.69) is 43.5 Å². The van der Waals surface area contributed by atoms with Crippen LogP contribution in [0.25, 0.3) is 0 Å². The maximum atomic E-state index is 11.9. The van der Waals surface area contributed by atoms with Gasteiger partial charge in [0.1, 0.15) is 0 Å². The average Bonchev–Trinajstić information content (AvgIpc) is 2.59. The first-order chi connectivity index (χ1) is 11.9. The molecule has 0 bridgehead atoms. The smallest absolute Gasteiger partial charge is 0.313 e. The Morgan fingerprint density at radius 2 is 1.52 bits per heavy atom. The van der Waals surface area contributed by atoms with Gasteiger partial charge in [-0.1, -0.05) is 63.2 Å². The molecule has 0 aromatic heterocycles. The minimum absolute atomic E-state index is 0.0542. The van der Waals surface area contributed by atoms with Gasteiger partial charge < -0.3 is 10.6 Å². The molecule has 0 aliphatic heterocycles. The van der Waals surface area contributed by atoms with Gasteiger partial charge in [-0.05, 0) is 41.5 Å². The molecule has 0 aliphatic carbocycles. The number of benzene rings is 2. The van der Waals surface area contributed by atoms with Gasteiger partial charge in [-0.15, -0.1) is 0 Å². The Hall–Kier alpha value is -2.62. The average molecular weight is 338 g/mol. The van der Waals surface area contributed by atoms with E-state index < -0.39 is 11.8 Å². The van der Waals surface area contributed by atoms with Gasteiger partial charge in [-0.25, -0.2) is 0 Å². The number of carbonyl (C=O) groups is 2. The van der Waals surface area contributed by atoms with E-state index in [1.807, 2.05) is 42.5 Å². The van der Waals surface area contributed by atoms with Crippen molar-refractivity contribution in [2.24, 2.45) is 0 Å². The second kappa shape index (κ2) is 8.47. The van der Waals surface area contributed by atoms with Gasteiger partial charge in [-0.2, -0.15) is 0 Å². The lowest BCUT2D eigenvalue weighted by Gasteiger charge is -2.19. The van der Waals surface area contributed by atoms with Crippen molar-refractivity contribution in [2.75, 3.05) is 11.9 Å². The van der Waals surface area contributed by atoms with E-state index in [0.29, 0.717) is 12.2 Å². The Morgan fingerprint density at radius 3 is 2.12 bits per heavy atom. The molecule has 0 heterocycles. The summed E-state index contributed by atoms with van der Waals surface area (Å²) in [6.45, 7) is 6.86. The fraction of sp³-hybridized carbons (Fsp3) is 0.333. The molecule has 0 fully saturated rings. The SMILES string of the molecule is CC(C)(C)c1ccc(NC(=O)C(=O)NCCCc2ccccc2)cc1. The van der Waals surface area contributed by atoms with Crippen LogP contribution in [-0.4, -0.2) is 18.4 Å². The van der Waals surface area contributed by atoms with Crippen molar-refractivity contribution < 1.29 is 9.59 Å². The maximum Gasteiger partial charge on any atom is 0.313 e. The third-order valence-corrected chi connectivity index (χ3v) is 3.99. The zero-order valence-corrected chi connectivity index (χ0v) is 15.1. The van der Waals surface area contributed by atoms with Crippen molar-refractivity contribution >= 4 is 17.5 Å². The molecule has 2 aromatic carbocycles. The summed E-state index contributed by atoms with van der Waals surface area (Å²) in [5.41, 5.74) is 3.08. The highest BCUT2D eigenvalue weighted by Crippen LogP contribution is 2.23. The summed E-state index contributed by atoms with van der Waals surface area (Å²) in [4.78, 5) is 23.8. The molecule has 2 N–H and O–H groups in total. The molecule has 25 heavy (non-hydrogen) atoms. The fourth-order valence-electron chi connectivity index (χ4n) is 2.46. The van der Waals surface area contributed by atoms with Gasteiger partial charge >= 0.3 is 11.8 Å². The van der Waals surface area contributed by atoms with Gasteiger partial charge in [-0.3, -0.25) is 9.59 Å². The minimum Gasteiger partial charge on any atom is -0.348 e. The van der Waals surface area contributed by atoms with Gasteiger partial charge in [0, 0.05) is 12.2 Å². The van der Waals surface area contributed by atoms with Gasteiger partial charge in [0.05, 0.1) is 0 Å². The number of nitrogens with one attached hydrogen (secondary N) is 2. The second-order valence-electron chi connectivity index (χ2n) is 7.13. The summed E-state index contributed by atoms with van der Waals surface area (Å²) in [5.74, 6) is -1.24. The highest BCUT2D eigenvalue weighted by atomic mass is 16.2. The standard InChI is InChI=1S/C21H26N2O2/c1-21(2,3)17-11-13-18(14-12-17)23-20(25)19(24)22-15-7-10-16-8-5-4-6-9-16/h4-6,8-9,11-14H,7,10,15H2,1-3H3,(H,22,24)(H,23,25). The van der Waals surface area contributed by atoms with Crippen LogP contribution in [0.2, 0.25) is 0 Å². The molecule has 0 saturated heterocycles. The molecule has 0 aliphatic rings. The van der Waals surface area contributed by atoms with Crippen molar-refractivity contribution in [3.05, 3.63) is 65.7 Å². The fourth-order valence-corrected chi connectivity index (χ4v) is 2.46. The zero-order valence-electron chi connectivity index (χ0n) is 15.1. The van der Waals surface area contributed by atoms with Crippen LogP contribution in [0.5, 0.6) is 0 Å². The lowest BCUT2D eigenvalue weighted by Crippen LogP contribution is -2.36. The predicted molar refractivity (Wildman–Crippen MR) is 102 cm³/mol. The second-order valence-corrected chi connectivity index (χ2v) is 7.13. The monoisotopic (exact) mass is 338 g/mol. The van der Waals surface area contributed by atoms with E-state index in [-0.39, 0.29) is 5.41 Å². The Morgan fingerprint density at radius 1 is 0.880 bits per heavy atom. The number of rotatable bonds is 5. The first-order valence-electron chi connectivity index (χ1n) is 8.60. The van der Waals surface area contributed by atoms with Crippen LogP contribution < -0.4 is 10.6 Å². The predicted octanol–water partition coefficient (Wildman–Crippen LogP) is 3.67. The number of aryl methyl sites for hydroxylation is 1. The summed E-state index contributed by atoms with van der Waals surface area (Å²) in [7, 11) is 0. The van der Waals surface area contributed by atoms with Crippen molar-refractivity contribution in [1.82, 2.24) is 5.32 Å². The molecular weight excluding hydrogens is 312 g/mol. The lowest BCUT2D eigenvalue weighted by molar-refractivity contribution is -0.136. The summed E-state index contributed by atoms with van der Waals surface area (Å²) in [6, 6.07) is 17.6. The van der Waals surface area contributed by atoms with E-state index in [1.54, 1.807) is 0 Å². The van der Waals surface area contributed by atoms with E-state index in [0.717, 1.165) is 12.8 Å². The normalized spacial score (nSPS) is 11.0. The first-order valence-corrected chi connectivity index (χ1v) is 8.60. The first kappa shape index (κ1) is 18.7. The molecule has 0 unspecified atom stereocenters. The van der Waals surface area contributed by atoms with Crippen LogP contribution in [-0.2, 0) is 21.4 Å². The zero-order chi connectivity index (χ0) is 18.3. The van der Waals surface area contributed by atoms with E-state index in [4.69, 9.17) is 0 Å². The summed E-state index contributed by atoms with van der Waals surface area (Å²) < 4.78 is 0. The van der Waals surface area contributed by atoms with Crippen molar-refractivity contribution in [3.63, 3.8) is 0 Å². The highest BCUT2D eigenvalue weighted by Gasteiger charge is 2.15. The summed E-state index contributed by atoms with van der Waals surface area (Å²) in [6.07, 6.45) is 1.67. The van der Waals surface area contributed by atoms with Gasteiger partial charge in [0.25, 0.3) is 0 Å². The molecule has 0 atom stereocenters. The Kier molecular flexibility index (Phi) is 6.34. The molecular formula is C21H26N2O2. The molecule has 2 aromatic rings. The van der Waals surface area contributed by atoms with Crippen molar-refractivity contribution in [1.29, 1.82) is 0 Å². The molecule has 132 valence electrons. The molecule has 0 radical (unpaired) electrons. The van der Waals surface area contributed by atoms with E-state index in [1.165, 1.54) is 11.1 Å². The van der Waals surface area contributed by atoms with Crippen LogP contribution in [0.15, 0.2) is 54.6 Å². The third kappa shape index (κ3) is 6.07. The Bertz CT molecular complexity index is 701. The van der Waals surface area contributed by atoms with E-state index >= 15 is 0 Å². The van der Waals surface area contributed by atoms with Crippen molar-refractivity contribution in [3.8, 4) is 0 Å². The highest BCUT2D eigenvalue weighted by molar-refractivity contribution is 6.39. The van der Waals surface area contributed by atoms with Crippen LogP contribution >= 0.6 is 0 Å². The van der Waals surface area contributed by atoms with Crippen LogP contribution in [0.4, 0.5) is 5.69 Å². The number of hydrogen-bond donors (Lipinski definition) is 2. The van der Waals surface area contributed by atoms with Gasteiger partial charge in [0.15, 0.2) is 0 Å². The molecule has 4 nitrogen and oxygen atoms in total. The number of carbonyl (C=O) groups excluding carboxylic acids is 2. The Balaban J connectivity index is 1.75. The summed E-state index contributed by atoms with van der Waals surface area (Å²) in [5, 5.41) is 5.29. The Labute approximate surface area is 149 Å². The lowest BCUT2D eigenvalue weighted by atomic mass is 9.87. The third-order valence-electron chi connectivity index (χ3n) is 3.99. The van der Waals surface area contributed by atoms with Gasteiger partial charge in [0.2, 0.25) is 0 Å². The molecule has 2 amide bonds. The van der Waals surface area contributed by atoms with Crippen LogP contribution in [0, 0.1) is 0 Å². The van der Waals surface area contributed by atoms with Crippen molar-refractivity contribution in [2.45, 2.75) is 39.0 Å². The quantitative estimate of drug-likeness (QED) is 0.645. The van der Waals surface area contributed by atoms with Crippen LogP contribution in [0.1, 0.15) is 38.3 Å². The largest absolute Gasteiger partial charge is 0.348 e. The topological polar surface area (TPSA) is 58.2 Å².